The fraction of sp³-hybridized carbons (Fsp3) is 0.167. The van der Waals surface area contributed by atoms with Crippen molar-refractivity contribution >= 4 is 16.5 Å². The second-order valence-corrected chi connectivity index (χ2v) is 4.73. The Morgan fingerprint density at radius 3 is 3.11 bits per heavy atom. The van der Waals surface area contributed by atoms with Gasteiger partial charge in [0.15, 0.2) is 5.13 Å². The van der Waals surface area contributed by atoms with Gasteiger partial charge < -0.3 is 5.32 Å². The van der Waals surface area contributed by atoms with E-state index in [1.54, 1.807) is 22.3 Å². The highest BCUT2D eigenvalue weighted by Gasteiger charge is 2.06. The molecule has 0 atom stereocenters. The lowest BCUT2D eigenvalue weighted by atomic mass is 10.1. The molecule has 0 radical (unpaired) electrons. The number of thiazole rings is 1. The van der Waals surface area contributed by atoms with Crippen LogP contribution >= 0.6 is 11.3 Å². The van der Waals surface area contributed by atoms with E-state index in [1.807, 2.05) is 29.6 Å². The van der Waals surface area contributed by atoms with Crippen molar-refractivity contribution in [3.05, 3.63) is 36.0 Å². The molecule has 0 unspecified atom stereocenters. The minimum atomic E-state index is 0.873. The normalized spacial score (nSPS) is 10.6. The van der Waals surface area contributed by atoms with Crippen molar-refractivity contribution < 1.29 is 0 Å². The van der Waals surface area contributed by atoms with Gasteiger partial charge in [-0.3, -0.25) is 0 Å². The Bertz CT molecular complexity index is 660. The first-order valence-corrected chi connectivity index (χ1v) is 6.78. The van der Waals surface area contributed by atoms with E-state index in [2.05, 4.69) is 32.7 Å². The third kappa shape index (κ3) is 2.45. The highest BCUT2D eigenvalue weighted by atomic mass is 32.1. The lowest BCUT2D eigenvalue weighted by Gasteiger charge is -2.02. The molecular weight excluding hydrogens is 260 g/mol. The topological polar surface area (TPSA) is 68.5 Å². The number of nitrogens with zero attached hydrogens (tertiary/aromatic N) is 5. The van der Waals surface area contributed by atoms with Crippen LogP contribution < -0.4 is 5.32 Å². The number of hydrogen-bond donors (Lipinski definition) is 1. The second-order valence-electron chi connectivity index (χ2n) is 3.87. The fourth-order valence-corrected chi connectivity index (χ4v) is 2.52. The predicted octanol–water partition coefficient (Wildman–Crippen LogP) is 2.22. The van der Waals surface area contributed by atoms with Gasteiger partial charge >= 0.3 is 0 Å². The molecule has 0 aliphatic carbocycles. The molecule has 3 aromatic rings. The minimum absolute atomic E-state index is 0.873. The van der Waals surface area contributed by atoms with Crippen molar-refractivity contribution in [2.75, 3.05) is 11.9 Å². The first kappa shape index (κ1) is 11.8. The highest BCUT2D eigenvalue weighted by molar-refractivity contribution is 7.14. The summed E-state index contributed by atoms with van der Waals surface area (Å²) in [5.41, 5.74) is 2.92. The van der Waals surface area contributed by atoms with Crippen molar-refractivity contribution in [2.24, 2.45) is 0 Å². The quantitative estimate of drug-likeness (QED) is 0.788. The first-order chi connectivity index (χ1) is 9.36. The fourth-order valence-electron chi connectivity index (χ4n) is 1.73. The van der Waals surface area contributed by atoms with Gasteiger partial charge in [0.1, 0.15) is 6.33 Å². The van der Waals surface area contributed by atoms with Crippen molar-refractivity contribution in [3.63, 3.8) is 0 Å². The standard InChI is InChI=1S/C12H12N6S/c1-2-13-12-15-11(7-19-12)9-4-3-5-10(6-9)18-8-14-16-17-18/h3-8H,2H2,1H3,(H,13,15). The molecule has 6 nitrogen and oxygen atoms in total. The number of anilines is 1. The average molecular weight is 272 g/mol. The molecule has 7 heteroatoms. The van der Waals surface area contributed by atoms with Gasteiger partial charge in [0.25, 0.3) is 0 Å². The van der Waals surface area contributed by atoms with Gasteiger partial charge in [0.05, 0.1) is 11.4 Å². The van der Waals surface area contributed by atoms with E-state index >= 15 is 0 Å². The van der Waals surface area contributed by atoms with Crippen LogP contribution in [0.25, 0.3) is 16.9 Å². The third-order valence-electron chi connectivity index (χ3n) is 2.59. The molecule has 0 saturated carbocycles. The molecule has 1 aromatic carbocycles. The maximum Gasteiger partial charge on any atom is 0.183 e. The van der Waals surface area contributed by atoms with Gasteiger partial charge in [0, 0.05) is 17.5 Å². The number of benzene rings is 1. The van der Waals surface area contributed by atoms with Crippen molar-refractivity contribution in [1.29, 1.82) is 0 Å². The number of aromatic nitrogens is 5. The molecule has 0 aliphatic rings. The summed E-state index contributed by atoms with van der Waals surface area (Å²) in [6.45, 7) is 2.93. The van der Waals surface area contributed by atoms with Gasteiger partial charge in [-0.15, -0.1) is 16.4 Å². The zero-order valence-electron chi connectivity index (χ0n) is 10.3. The lowest BCUT2D eigenvalue weighted by Crippen LogP contribution is -1.96. The van der Waals surface area contributed by atoms with Gasteiger partial charge in [-0.2, -0.15) is 0 Å². The molecule has 96 valence electrons. The molecule has 0 amide bonds. The van der Waals surface area contributed by atoms with Crippen molar-refractivity contribution in [3.8, 4) is 16.9 Å². The SMILES string of the molecule is CCNc1nc(-c2cccc(-n3cnnn3)c2)cs1. The summed E-state index contributed by atoms with van der Waals surface area (Å²) in [5, 5.41) is 17.3. The number of hydrogen-bond acceptors (Lipinski definition) is 6. The summed E-state index contributed by atoms with van der Waals surface area (Å²) in [5.74, 6) is 0. The van der Waals surface area contributed by atoms with E-state index < -0.39 is 0 Å². The second kappa shape index (κ2) is 5.15. The Balaban J connectivity index is 1.94. The molecule has 0 saturated heterocycles. The van der Waals surface area contributed by atoms with Gasteiger partial charge in [-0.05, 0) is 29.5 Å². The van der Waals surface area contributed by atoms with Crippen LogP contribution in [0.5, 0.6) is 0 Å². The molecule has 2 heterocycles. The van der Waals surface area contributed by atoms with E-state index in [0.717, 1.165) is 28.6 Å². The van der Waals surface area contributed by atoms with Crippen LogP contribution in [0.1, 0.15) is 6.92 Å². The van der Waals surface area contributed by atoms with Gasteiger partial charge in [0.2, 0.25) is 0 Å². The summed E-state index contributed by atoms with van der Waals surface area (Å²) in [7, 11) is 0. The molecule has 0 spiro atoms. The largest absolute Gasteiger partial charge is 0.362 e. The lowest BCUT2D eigenvalue weighted by molar-refractivity contribution is 0.789. The maximum atomic E-state index is 4.54. The van der Waals surface area contributed by atoms with Crippen LogP contribution in [0.3, 0.4) is 0 Å². The van der Waals surface area contributed by atoms with E-state index in [0.29, 0.717) is 0 Å². The Labute approximate surface area is 114 Å². The van der Waals surface area contributed by atoms with Gasteiger partial charge in [-0.25, -0.2) is 9.67 Å². The minimum Gasteiger partial charge on any atom is -0.362 e. The molecule has 3 rings (SSSR count). The van der Waals surface area contributed by atoms with Crippen LogP contribution in [-0.4, -0.2) is 31.7 Å². The number of tetrazole rings is 1. The van der Waals surface area contributed by atoms with Gasteiger partial charge in [-0.1, -0.05) is 12.1 Å². The predicted molar refractivity (Wildman–Crippen MR) is 74.4 cm³/mol. The third-order valence-corrected chi connectivity index (χ3v) is 3.39. The molecule has 0 aliphatic heterocycles. The Morgan fingerprint density at radius 1 is 1.37 bits per heavy atom. The summed E-state index contributed by atoms with van der Waals surface area (Å²) in [4.78, 5) is 4.54. The molecular formula is C12H12N6S. The Morgan fingerprint density at radius 2 is 2.32 bits per heavy atom. The molecule has 0 bridgehead atoms. The van der Waals surface area contributed by atoms with Crippen LogP contribution in [0.2, 0.25) is 0 Å². The van der Waals surface area contributed by atoms with E-state index in [4.69, 9.17) is 0 Å². The zero-order chi connectivity index (χ0) is 13.1. The Hall–Kier alpha value is -2.28. The number of rotatable bonds is 4. The maximum absolute atomic E-state index is 4.54. The first-order valence-electron chi connectivity index (χ1n) is 5.90. The Kier molecular flexibility index (Phi) is 3.20. The van der Waals surface area contributed by atoms with E-state index in [1.165, 1.54) is 0 Å². The summed E-state index contributed by atoms with van der Waals surface area (Å²) < 4.78 is 1.63. The average Bonchev–Trinajstić information content (AvgIpc) is 3.11. The summed E-state index contributed by atoms with van der Waals surface area (Å²) in [6, 6.07) is 7.97. The smallest absolute Gasteiger partial charge is 0.183 e. The highest BCUT2D eigenvalue weighted by Crippen LogP contribution is 2.26. The van der Waals surface area contributed by atoms with Crippen LogP contribution in [0.4, 0.5) is 5.13 Å². The monoisotopic (exact) mass is 272 g/mol. The van der Waals surface area contributed by atoms with Crippen LogP contribution in [-0.2, 0) is 0 Å². The zero-order valence-corrected chi connectivity index (χ0v) is 11.1. The molecule has 19 heavy (non-hydrogen) atoms. The van der Waals surface area contributed by atoms with E-state index in [-0.39, 0.29) is 0 Å². The van der Waals surface area contributed by atoms with Crippen molar-refractivity contribution in [1.82, 2.24) is 25.2 Å². The summed E-state index contributed by atoms with van der Waals surface area (Å²) >= 11 is 1.60. The van der Waals surface area contributed by atoms with E-state index in [9.17, 15) is 0 Å². The van der Waals surface area contributed by atoms with Crippen LogP contribution in [0, 0.1) is 0 Å². The van der Waals surface area contributed by atoms with Crippen LogP contribution in [0.15, 0.2) is 36.0 Å². The summed E-state index contributed by atoms with van der Waals surface area (Å²) in [6.07, 6.45) is 1.57. The molecule has 1 N–H and O–H groups in total. The number of nitrogens with one attached hydrogen (secondary N) is 1. The molecule has 2 aromatic heterocycles. The van der Waals surface area contributed by atoms with Crippen molar-refractivity contribution in [2.45, 2.75) is 6.92 Å². The molecule has 0 fully saturated rings.